The zero-order chi connectivity index (χ0) is 45.9. The van der Waals surface area contributed by atoms with Crippen LogP contribution in [0.1, 0.15) is 79.2 Å². The zero-order valence-electron chi connectivity index (χ0n) is 34.8. The average molecular weight is 851 g/mol. The van der Waals surface area contributed by atoms with Crippen molar-refractivity contribution in [3.8, 4) is 5.75 Å². The van der Waals surface area contributed by atoms with Crippen LogP contribution in [0.25, 0.3) is 0 Å². The van der Waals surface area contributed by atoms with Crippen LogP contribution in [-0.4, -0.2) is 129 Å². The number of aliphatic carboxylic acids is 2. The first-order valence-corrected chi connectivity index (χ1v) is 19.5. The molecule has 0 heterocycles. The number of nitrogens with one attached hydrogen (secondary N) is 6. The number of carboxylic acids is 2. The summed E-state index contributed by atoms with van der Waals surface area (Å²) < 4.78 is 0. The van der Waals surface area contributed by atoms with E-state index < -0.39 is 115 Å². The number of rotatable bonds is 26. The summed E-state index contributed by atoms with van der Waals surface area (Å²) in [6.07, 6.45) is -2.18. The van der Waals surface area contributed by atoms with Gasteiger partial charge >= 0.3 is 11.9 Å². The Bertz CT molecular complexity index is 1670. The molecule has 0 spiro atoms. The van der Waals surface area contributed by atoms with Crippen LogP contribution >= 0.6 is 0 Å². The van der Waals surface area contributed by atoms with Gasteiger partial charge in [-0.25, -0.2) is 0 Å². The number of nitrogens with two attached hydrogens (primary N) is 3. The van der Waals surface area contributed by atoms with Crippen molar-refractivity contribution >= 4 is 53.3 Å². The van der Waals surface area contributed by atoms with Crippen LogP contribution < -0.4 is 49.1 Å². The molecule has 8 atom stereocenters. The second-order valence-corrected chi connectivity index (χ2v) is 15.2. The highest BCUT2D eigenvalue weighted by molar-refractivity contribution is 5.97. The van der Waals surface area contributed by atoms with Crippen molar-refractivity contribution in [3.63, 3.8) is 0 Å². The fourth-order valence-electron chi connectivity index (χ4n) is 5.59. The third-order valence-electron chi connectivity index (χ3n) is 8.97. The Kier molecular flexibility index (Phi) is 22.1. The van der Waals surface area contributed by atoms with Gasteiger partial charge < -0.3 is 69.5 Å². The van der Waals surface area contributed by atoms with Crippen molar-refractivity contribution in [2.45, 2.75) is 128 Å². The SMILES string of the molecule is CC(C)C[C@@H](NC(=O)[C@@H](CCC(=O)O)NC(=O)C(NC(=O)C(NC(=O)[C@@H](Cc1ccc(O)cc1)NC(=O)[C@H](N)CCCN=C(N)N)[C@@H](C)O)C(C)C)C(=O)N[C@H](C)C(=O)O. The fourth-order valence-corrected chi connectivity index (χ4v) is 5.59. The Morgan fingerprint density at radius 1 is 0.667 bits per heavy atom. The van der Waals surface area contributed by atoms with Gasteiger partial charge in [0.2, 0.25) is 35.4 Å². The predicted molar refractivity (Wildman–Crippen MR) is 217 cm³/mol. The molecule has 60 heavy (non-hydrogen) atoms. The number of carbonyl (C=O) groups is 8. The zero-order valence-corrected chi connectivity index (χ0v) is 34.8. The maximum absolute atomic E-state index is 13.7. The number of benzene rings is 1. The average Bonchev–Trinajstić information content (AvgIpc) is 3.15. The Balaban J connectivity index is 3.31. The van der Waals surface area contributed by atoms with Gasteiger partial charge in [-0.15, -0.1) is 0 Å². The molecule has 336 valence electrons. The third kappa shape index (κ3) is 19.1. The van der Waals surface area contributed by atoms with E-state index in [2.05, 4.69) is 36.9 Å². The number of nitrogens with zero attached hydrogens (tertiary/aromatic N) is 1. The van der Waals surface area contributed by atoms with E-state index in [0.717, 1.165) is 0 Å². The molecule has 1 aromatic carbocycles. The number of hydrogen-bond donors (Lipinski definition) is 13. The molecular weight excluding hydrogens is 788 g/mol. The number of carboxylic acid groups (broad SMARTS) is 2. The predicted octanol–water partition coefficient (Wildman–Crippen LogP) is -2.72. The van der Waals surface area contributed by atoms with Gasteiger partial charge in [0.1, 0.15) is 42.0 Å². The van der Waals surface area contributed by atoms with E-state index in [4.69, 9.17) is 17.2 Å². The van der Waals surface area contributed by atoms with Crippen molar-refractivity contribution in [2.75, 3.05) is 6.54 Å². The number of aliphatic hydroxyl groups excluding tert-OH is 1. The second kappa shape index (κ2) is 25.5. The van der Waals surface area contributed by atoms with E-state index in [1.54, 1.807) is 27.7 Å². The van der Waals surface area contributed by atoms with Gasteiger partial charge in [-0.05, 0) is 69.1 Å². The van der Waals surface area contributed by atoms with Gasteiger partial charge in [0.15, 0.2) is 5.96 Å². The van der Waals surface area contributed by atoms with E-state index in [0.29, 0.717) is 12.0 Å². The number of phenolic OH excluding ortho intramolecular Hbond substituents is 1. The number of aliphatic hydroxyl groups is 1. The molecule has 0 saturated carbocycles. The number of carbonyl (C=O) groups excluding carboxylic acids is 6. The molecule has 0 fully saturated rings. The first-order valence-electron chi connectivity index (χ1n) is 19.5. The summed E-state index contributed by atoms with van der Waals surface area (Å²) in [6.45, 7) is 9.21. The van der Waals surface area contributed by atoms with E-state index in [1.807, 2.05) is 0 Å². The minimum absolute atomic E-state index is 0.0552. The van der Waals surface area contributed by atoms with E-state index in [-0.39, 0.29) is 43.4 Å². The van der Waals surface area contributed by atoms with Gasteiger partial charge in [-0.3, -0.25) is 43.3 Å². The van der Waals surface area contributed by atoms with Crippen molar-refractivity contribution in [3.05, 3.63) is 29.8 Å². The molecular formula is C38H62N10O12. The minimum Gasteiger partial charge on any atom is -0.508 e. The van der Waals surface area contributed by atoms with Gasteiger partial charge in [-0.1, -0.05) is 39.8 Å². The number of amides is 6. The molecule has 6 amide bonds. The molecule has 16 N–H and O–H groups in total. The first kappa shape index (κ1) is 52.0. The number of guanidine groups is 1. The largest absolute Gasteiger partial charge is 0.508 e. The summed E-state index contributed by atoms with van der Waals surface area (Å²) in [4.78, 5) is 107. The maximum Gasteiger partial charge on any atom is 0.325 e. The van der Waals surface area contributed by atoms with Crippen molar-refractivity contribution in [2.24, 2.45) is 34.0 Å². The monoisotopic (exact) mass is 850 g/mol. The Labute approximate surface area is 348 Å². The van der Waals surface area contributed by atoms with E-state index in [1.165, 1.54) is 38.1 Å². The summed E-state index contributed by atoms with van der Waals surface area (Å²) in [5.41, 5.74) is 17.2. The molecule has 0 radical (unpaired) electrons. The summed E-state index contributed by atoms with van der Waals surface area (Å²) in [7, 11) is 0. The van der Waals surface area contributed by atoms with Gasteiger partial charge in [0, 0.05) is 19.4 Å². The Morgan fingerprint density at radius 3 is 1.70 bits per heavy atom. The van der Waals surface area contributed by atoms with Crippen LogP contribution in [0, 0.1) is 11.8 Å². The normalized spacial score (nSPS) is 15.1. The summed E-state index contributed by atoms with van der Waals surface area (Å²) in [5.74, 6) is -9.06. The van der Waals surface area contributed by atoms with Gasteiger partial charge in [-0.2, -0.15) is 0 Å². The van der Waals surface area contributed by atoms with Crippen LogP contribution in [-0.2, 0) is 44.8 Å². The molecule has 1 aromatic rings. The Morgan fingerprint density at radius 2 is 1.18 bits per heavy atom. The van der Waals surface area contributed by atoms with Crippen molar-refractivity contribution < 1.29 is 58.8 Å². The number of aromatic hydroxyl groups is 1. The van der Waals surface area contributed by atoms with Crippen molar-refractivity contribution in [1.82, 2.24) is 31.9 Å². The molecule has 0 aromatic heterocycles. The van der Waals surface area contributed by atoms with Gasteiger partial charge in [0.25, 0.3) is 0 Å². The van der Waals surface area contributed by atoms with Gasteiger partial charge in [0.05, 0.1) is 12.1 Å². The lowest BCUT2D eigenvalue weighted by Crippen LogP contribution is -2.62. The number of phenols is 1. The lowest BCUT2D eigenvalue weighted by atomic mass is 9.99. The van der Waals surface area contributed by atoms with Crippen LogP contribution in [0.2, 0.25) is 0 Å². The smallest absolute Gasteiger partial charge is 0.325 e. The van der Waals surface area contributed by atoms with Crippen molar-refractivity contribution in [1.29, 1.82) is 0 Å². The highest BCUT2D eigenvalue weighted by atomic mass is 16.4. The molecule has 0 saturated heterocycles. The standard InChI is InChI=1S/C38H62N10O12/c1-18(2)16-26(33(55)43-20(5)37(59)60)46-32(54)25(13-14-28(51)52)44-35(57)29(19(3)4)47-36(58)30(21(6)49)48-34(56)27(17-22-9-11-23(50)12-10-22)45-31(53)24(39)8-7-15-42-38(40)41/h9-12,18-21,24-27,29-30,49-50H,7-8,13-17,39H2,1-6H3,(H,43,55)(H,44,57)(H,45,53)(H,46,54)(H,47,58)(H,48,56)(H,51,52)(H,59,60)(H4,40,41,42)/t20-,21-,24-,25-,26-,27-,29?,30?/m1/s1. The molecule has 0 bridgehead atoms. The summed E-state index contributed by atoms with van der Waals surface area (Å²) in [6, 6.07) is -3.92. The maximum atomic E-state index is 13.7. The summed E-state index contributed by atoms with van der Waals surface area (Å²) >= 11 is 0. The van der Waals surface area contributed by atoms with Crippen LogP contribution in [0.4, 0.5) is 0 Å². The highest BCUT2D eigenvalue weighted by Crippen LogP contribution is 2.13. The Hall–Kier alpha value is -6.03. The highest BCUT2D eigenvalue weighted by Gasteiger charge is 2.36. The van der Waals surface area contributed by atoms with E-state index in [9.17, 15) is 58.8 Å². The fraction of sp³-hybridized carbons (Fsp3) is 0.605. The topological polar surface area (TPSA) is 380 Å². The second-order valence-electron chi connectivity index (χ2n) is 15.2. The summed E-state index contributed by atoms with van der Waals surface area (Å²) in [5, 5.41) is 53.6. The van der Waals surface area contributed by atoms with Crippen LogP contribution in [0.15, 0.2) is 29.3 Å². The van der Waals surface area contributed by atoms with E-state index >= 15 is 0 Å². The molecule has 0 aliphatic heterocycles. The lowest BCUT2D eigenvalue weighted by Gasteiger charge is -2.29. The van der Waals surface area contributed by atoms with Crippen LogP contribution in [0.5, 0.6) is 5.75 Å². The first-order chi connectivity index (χ1) is 27.9. The molecule has 22 heteroatoms. The quantitative estimate of drug-likeness (QED) is 0.0256. The lowest BCUT2D eigenvalue weighted by molar-refractivity contribution is -0.142. The number of aliphatic imine (C=N–C) groups is 1. The molecule has 0 aliphatic rings. The molecule has 1 rings (SSSR count). The molecule has 22 nitrogen and oxygen atoms in total. The third-order valence-corrected chi connectivity index (χ3v) is 8.97. The molecule has 2 unspecified atom stereocenters. The van der Waals surface area contributed by atoms with Crippen LogP contribution in [0.3, 0.4) is 0 Å². The number of hydrogen-bond acceptors (Lipinski definition) is 12. The minimum atomic E-state index is -1.70. The molecule has 0 aliphatic carbocycles.